The normalized spacial score (nSPS) is 25.7. The highest BCUT2D eigenvalue weighted by atomic mass is 16.5. The van der Waals surface area contributed by atoms with E-state index in [4.69, 9.17) is 4.74 Å². The average Bonchev–Trinajstić information content (AvgIpc) is 2.34. The minimum absolute atomic E-state index is 0.502. The summed E-state index contributed by atoms with van der Waals surface area (Å²) in [6, 6.07) is 0.728. The quantitative estimate of drug-likeness (QED) is 0.698. The van der Waals surface area contributed by atoms with Crippen LogP contribution in [0.1, 0.15) is 52.9 Å². The first-order valence-corrected chi connectivity index (χ1v) is 7.12. The first kappa shape index (κ1) is 14.6. The number of allylic oxidation sites excluding steroid dienone is 1. The van der Waals surface area contributed by atoms with Gasteiger partial charge in [0.2, 0.25) is 0 Å². The van der Waals surface area contributed by atoms with Crippen LogP contribution in [-0.4, -0.2) is 30.7 Å². The third kappa shape index (κ3) is 5.12. The van der Waals surface area contributed by atoms with Gasteiger partial charge in [-0.1, -0.05) is 26.8 Å². The maximum absolute atomic E-state index is 5.44. The molecule has 2 heteroatoms. The lowest BCUT2D eigenvalue weighted by molar-refractivity contribution is 0.0462. The van der Waals surface area contributed by atoms with Gasteiger partial charge in [-0.25, -0.2) is 0 Å². The second-order valence-corrected chi connectivity index (χ2v) is 5.55. The molecule has 0 spiro atoms. The largest absolute Gasteiger partial charge is 0.381 e. The van der Waals surface area contributed by atoms with E-state index in [-0.39, 0.29) is 0 Å². The first-order valence-electron chi connectivity index (χ1n) is 7.12. The van der Waals surface area contributed by atoms with Gasteiger partial charge in [-0.15, -0.1) is 0 Å². The monoisotopic (exact) mass is 239 g/mol. The summed E-state index contributed by atoms with van der Waals surface area (Å²) >= 11 is 0. The number of methoxy groups -OCH3 is 1. The summed E-state index contributed by atoms with van der Waals surface area (Å²) in [5.41, 5.74) is 0. The summed E-state index contributed by atoms with van der Waals surface area (Å²) < 4.78 is 5.44. The van der Waals surface area contributed by atoms with Crippen molar-refractivity contribution in [1.82, 2.24) is 4.90 Å². The Kier molecular flexibility index (Phi) is 6.64. The van der Waals surface area contributed by atoms with E-state index >= 15 is 0 Å². The van der Waals surface area contributed by atoms with Crippen LogP contribution in [0.2, 0.25) is 0 Å². The van der Waals surface area contributed by atoms with Crippen molar-refractivity contribution in [2.45, 2.75) is 65.0 Å². The van der Waals surface area contributed by atoms with Crippen molar-refractivity contribution < 1.29 is 4.74 Å². The molecule has 1 fully saturated rings. The van der Waals surface area contributed by atoms with Crippen LogP contribution in [0, 0.1) is 5.92 Å². The van der Waals surface area contributed by atoms with Gasteiger partial charge >= 0.3 is 0 Å². The molecule has 0 amide bonds. The lowest BCUT2D eigenvalue weighted by atomic mass is 9.91. The Bertz CT molecular complexity index is 217. The van der Waals surface area contributed by atoms with Gasteiger partial charge in [-0.2, -0.15) is 0 Å². The molecule has 0 unspecified atom stereocenters. The molecule has 0 aromatic carbocycles. The lowest BCUT2D eigenvalue weighted by Gasteiger charge is -2.37. The summed E-state index contributed by atoms with van der Waals surface area (Å²) in [5, 5.41) is 0. The molecule has 0 bridgehead atoms. The SMILES string of the molecule is CC/C=C/N(CC(C)C)C1CCC(OC)CC1. The maximum atomic E-state index is 5.44. The third-order valence-corrected chi connectivity index (χ3v) is 3.55. The van der Waals surface area contributed by atoms with Crippen molar-refractivity contribution >= 4 is 0 Å². The predicted octanol–water partition coefficient (Wildman–Crippen LogP) is 3.83. The second kappa shape index (κ2) is 7.75. The van der Waals surface area contributed by atoms with E-state index in [9.17, 15) is 0 Å². The highest BCUT2D eigenvalue weighted by molar-refractivity contribution is 4.89. The molecule has 0 saturated heterocycles. The molecule has 1 saturated carbocycles. The molecule has 0 N–H and O–H groups in total. The van der Waals surface area contributed by atoms with Crippen molar-refractivity contribution in [2.75, 3.05) is 13.7 Å². The van der Waals surface area contributed by atoms with Crippen LogP contribution in [0.25, 0.3) is 0 Å². The van der Waals surface area contributed by atoms with E-state index in [0.717, 1.165) is 18.4 Å². The summed E-state index contributed by atoms with van der Waals surface area (Å²) in [5.74, 6) is 0.733. The van der Waals surface area contributed by atoms with Gasteiger partial charge in [0.1, 0.15) is 0 Å². The van der Waals surface area contributed by atoms with Gasteiger partial charge in [-0.05, 0) is 44.2 Å². The van der Waals surface area contributed by atoms with Crippen molar-refractivity contribution in [3.05, 3.63) is 12.3 Å². The molecule has 100 valence electrons. The Morgan fingerprint density at radius 1 is 1.24 bits per heavy atom. The van der Waals surface area contributed by atoms with E-state index in [2.05, 4.69) is 37.9 Å². The van der Waals surface area contributed by atoms with Gasteiger partial charge in [0, 0.05) is 19.7 Å². The second-order valence-electron chi connectivity index (χ2n) is 5.55. The maximum Gasteiger partial charge on any atom is 0.0572 e. The molecule has 0 aliphatic heterocycles. The van der Waals surface area contributed by atoms with E-state index in [1.807, 2.05) is 7.11 Å². The fourth-order valence-corrected chi connectivity index (χ4v) is 2.61. The van der Waals surface area contributed by atoms with Gasteiger partial charge in [-0.3, -0.25) is 0 Å². The summed E-state index contributed by atoms with van der Waals surface area (Å²) in [7, 11) is 1.84. The average molecular weight is 239 g/mol. The Balaban J connectivity index is 2.49. The summed E-state index contributed by atoms with van der Waals surface area (Å²) in [4.78, 5) is 2.56. The molecule has 17 heavy (non-hydrogen) atoms. The minimum Gasteiger partial charge on any atom is -0.381 e. The number of hydrogen-bond donors (Lipinski definition) is 0. The van der Waals surface area contributed by atoms with Gasteiger partial charge in [0.15, 0.2) is 0 Å². The zero-order chi connectivity index (χ0) is 12.7. The van der Waals surface area contributed by atoms with Crippen LogP contribution >= 0.6 is 0 Å². The molecule has 0 aromatic heterocycles. The fourth-order valence-electron chi connectivity index (χ4n) is 2.61. The number of nitrogens with zero attached hydrogens (tertiary/aromatic N) is 1. The number of ether oxygens (including phenoxy) is 1. The third-order valence-electron chi connectivity index (χ3n) is 3.55. The fraction of sp³-hybridized carbons (Fsp3) is 0.867. The highest BCUT2D eigenvalue weighted by Gasteiger charge is 2.24. The molecular formula is C15H29NO. The van der Waals surface area contributed by atoms with E-state index in [1.54, 1.807) is 0 Å². The van der Waals surface area contributed by atoms with Crippen LogP contribution in [0.15, 0.2) is 12.3 Å². The van der Waals surface area contributed by atoms with Crippen molar-refractivity contribution in [3.63, 3.8) is 0 Å². The standard InChI is InChI=1S/C15H29NO/c1-5-6-11-16(12-13(2)3)14-7-9-15(17-4)10-8-14/h6,11,13-15H,5,7-10,12H2,1-4H3/b11-6+. The lowest BCUT2D eigenvalue weighted by Crippen LogP contribution is -2.38. The molecule has 2 nitrogen and oxygen atoms in total. The molecule has 0 heterocycles. The van der Waals surface area contributed by atoms with Crippen molar-refractivity contribution in [2.24, 2.45) is 5.92 Å². The highest BCUT2D eigenvalue weighted by Crippen LogP contribution is 2.25. The Morgan fingerprint density at radius 3 is 2.35 bits per heavy atom. The van der Waals surface area contributed by atoms with Crippen LogP contribution in [0.5, 0.6) is 0 Å². The topological polar surface area (TPSA) is 12.5 Å². The molecule has 1 rings (SSSR count). The molecule has 0 aromatic rings. The summed E-state index contributed by atoms with van der Waals surface area (Å²) in [6.07, 6.45) is 11.2. The Morgan fingerprint density at radius 2 is 1.88 bits per heavy atom. The summed E-state index contributed by atoms with van der Waals surface area (Å²) in [6.45, 7) is 7.98. The van der Waals surface area contributed by atoms with Crippen molar-refractivity contribution in [3.8, 4) is 0 Å². The predicted molar refractivity (Wildman–Crippen MR) is 74.0 cm³/mol. The van der Waals surface area contributed by atoms with Gasteiger partial charge in [0.25, 0.3) is 0 Å². The molecule has 1 aliphatic rings. The Hall–Kier alpha value is -0.500. The zero-order valence-corrected chi connectivity index (χ0v) is 12.0. The van der Waals surface area contributed by atoms with E-state index in [0.29, 0.717) is 6.10 Å². The Labute approximate surface area is 107 Å². The number of rotatable bonds is 6. The van der Waals surface area contributed by atoms with Gasteiger partial charge in [0.05, 0.1) is 6.10 Å². The minimum atomic E-state index is 0.502. The van der Waals surface area contributed by atoms with E-state index in [1.165, 1.54) is 32.2 Å². The van der Waals surface area contributed by atoms with Crippen molar-refractivity contribution in [1.29, 1.82) is 0 Å². The van der Waals surface area contributed by atoms with Gasteiger partial charge < -0.3 is 9.64 Å². The zero-order valence-electron chi connectivity index (χ0n) is 12.0. The molecular weight excluding hydrogens is 210 g/mol. The smallest absolute Gasteiger partial charge is 0.0572 e. The molecule has 0 radical (unpaired) electrons. The first-order chi connectivity index (χ1) is 8.17. The molecule has 1 aliphatic carbocycles. The number of hydrogen-bond acceptors (Lipinski definition) is 2. The van der Waals surface area contributed by atoms with Crippen LogP contribution in [-0.2, 0) is 4.74 Å². The van der Waals surface area contributed by atoms with E-state index < -0.39 is 0 Å². The van der Waals surface area contributed by atoms with Crippen LogP contribution < -0.4 is 0 Å². The molecule has 0 atom stereocenters. The van der Waals surface area contributed by atoms with Crippen LogP contribution in [0.4, 0.5) is 0 Å². The van der Waals surface area contributed by atoms with Crippen LogP contribution in [0.3, 0.4) is 0 Å².